The second-order valence-corrected chi connectivity index (χ2v) is 6.06. The van der Waals surface area contributed by atoms with E-state index in [1.165, 1.54) is 6.07 Å². The van der Waals surface area contributed by atoms with Gasteiger partial charge in [-0.25, -0.2) is 9.38 Å². The first-order valence-electron chi connectivity index (χ1n) is 8.33. The molecule has 0 fully saturated rings. The number of amidine groups is 1. The van der Waals surface area contributed by atoms with Crippen molar-refractivity contribution in [3.63, 3.8) is 0 Å². The van der Waals surface area contributed by atoms with E-state index in [0.717, 1.165) is 22.5 Å². The van der Waals surface area contributed by atoms with E-state index in [1.807, 2.05) is 38.1 Å². The van der Waals surface area contributed by atoms with E-state index in [4.69, 9.17) is 0 Å². The van der Waals surface area contributed by atoms with Crippen LogP contribution in [0.1, 0.15) is 25.0 Å². The van der Waals surface area contributed by atoms with Gasteiger partial charge in [-0.3, -0.25) is 0 Å². The Morgan fingerprint density at radius 3 is 2.27 bits per heavy atom. The topological polar surface area (TPSA) is 36.4 Å². The molecule has 0 aliphatic rings. The molecule has 2 N–H and O–H groups in total. The molecule has 0 aliphatic heterocycles. The van der Waals surface area contributed by atoms with Crippen LogP contribution in [-0.2, 0) is 0 Å². The molecule has 2 rings (SSSR count). The van der Waals surface area contributed by atoms with Gasteiger partial charge in [0.05, 0.1) is 0 Å². The number of nitrogens with zero attached hydrogens (tertiary/aromatic N) is 1. The van der Waals surface area contributed by atoms with Gasteiger partial charge in [0.2, 0.25) is 0 Å². The van der Waals surface area contributed by atoms with Gasteiger partial charge < -0.3 is 10.6 Å². The van der Waals surface area contributed by atoms with Gasteiger partial charge >= 0.3 is 0 Å². The van der Waals surface area contributed by atoms with Crippen molar-refractivity contribution in [2.45, 2.75) is 20.8 Å². The van der Waals surface area contributed by atoms with Crippen molar-refractivity contribution >= 4 is 22.8 Å². The number of nitrogens with one attached hydrogen (secondary N) is 2. The third-order valence-electron chi connectivity index (χ3n) is 3.70. The molecule has 0 radical (unpaired) electrons. The fraction of sp³-hybridized carbons (Fsp3) is 0.136. The molecular weight excluding hydrogens is 325 g/mol. The Hall–Kier alpha value is -3.14. The Morgan fingerprint density at radius 1 is 1.04 bits per heavy atom. The van der Waals surface area contributed by atoms with Gasteiger partial charge in [0, 0.05) is 11.4 Å². The molecule has 2 aromatic rings. The van der Waals surface area contributed by atoms with Crippen LogP contribution >= 0.6 is 0 Å². The minimum atomic E-state index is -0.232. The average Bonchev–Trinajstić information content (AvgIpc) is 2.58. The second kappa shape index (κ2) is 8.81. The lowest BCUT2D eigenvalue weighted by atomic mass is 10.1. The highest BCUT2D eigenvalue weighted by atomic mass is 19.1. The summed E-state index contributed by atoms with van der Waals surface area (Å²) in [5.74, 6) is 1.09. The van der Waals surface area contributed by atoms with Crippen LogP contribution in [0.2, 0.25) is 0 Å². The molecule has 0 saturated heterocycles. The third-order valence-corrected chi connectivity index (χ3v) is 3.70. The Balaban J connectivity index is 2.13. The molecule has 0 amide bonds. The smallest absolute Gasteiger partial charge is 0.132 e. The number of aryl methyl sites for hydroxylation is 1. The number of allylic oxidation sites excluding steroid dienone is 3. The minimum Gasteiger partial charge on any atom is -0.344 e. The van der Waals surface area contributed by atoms with Crippen LogP contribution in [0.4, 0.5) is 15.8 Å². The largest absolute Gasteiger partial charge is 0.344 e. The molecule has 4 heteroatoms. The van der Waals surface area contributed by atoms with E-state index in [1.54, 1.807) is 31.2 Å². The number of hydrogen-bond donors (Lipinski definition) is 2. The molecule has 0 spiro atoms. The molecule has 2 aromatic carbocycles. The van der Waals surface area contributed by atoms with E-state index in [9.17, 15) is 4.39 Å². The van der Waals surface area contributed by atoms with Gasteiger partial charge in [-0.2, -0.15) is 0 Å². The highest BCUT2D eigenvalue weighted by molar-refractivity contribution is 5.94. The van der Waals surface area contributed by atoms with E-state index < -0.39 is 0 Å². The first-order valence-corrected chi connectivity index (χ1v) is 8.33. The molecule has 0 aliphatic carbocycles. The van der Waals surface area contributed by atoms with Crippen molar-refractivity contribution < 1.29 is 4.39 Å². The molecule has 26 heavy (non-hydrogen) atoms. The molecule has 0 bridgehead atoms. The molecule has 134 valence electrons. The summed E-state index contributed by atoms with van der Waals surface area (Å²) in [5, 5.41) is 6.42. The molecule has 0 saturated carbocycles. The first-order chi connectivity index (χ1) is 12.4. The van der Waals surface area contributed by atoms with Crippen LogP contribution in [0.15, 0.2) is 78.6 Å². The van der Waals surface area contributed by atoms with E-state index >= 15 is 0 Å². The fourth-order valence-corrected chi connectivity index (χ4v) is 2.34. The third kappa shape index (κ3) is 5.45. The normalized spacial score (nSPS) is 11.8. The van der Waals surface area contributed by atoms with Gasteiger partial charge in [0.15, 0.2) is 0 Å². The maximum Gasteiger partial charge on any atom is 0.132 e. The highest BCUT2D eigenvalue weighted by Crippen LogP contribution is 2.17. The molecular formula is C22H24FN3. The summed E-state index contributed by atoms with van der Waals surface area (Å²) in [7, 11) is 0. The zero-order valence-electron chi connectivity index (χ0n) is 15.4. The lowest BCUT2D eigenvalue weighted by Crippen LogP contribution is -2.09. The van der Waals surface area contributed by atoms with Crippen molar-refractivity contribution in [1.29, 1.82) is 0 Å². The zero-order chi connectivity index (χ0) is 19.1. The maximum atomic E-state index is 13.4. The van der Waals surface area contributed by atoms with Gasteiger partial charge in [-0.15, -0.1) is 0 Å². The standard InChI is InChI=1S/C22H24FN3/c1-6-7-22(26-20-12-13-21(23)16(4)14-20)25-17(5)24-19-10-8-18(9-11-19)15(2)3/h6-14,26H,1-2H2,3-5H3,(H,24,25)/b22-7+. The number of hydrogen-bond acceptors (Lipinski definition) is 2. The van der Waals surface area contributed by atoms with Crippen molar-refractivity contribution in [2.75, 3.05) is 10.6 Å². The van der Waals surface area contributed by atoms with Crippen LogP contribution in [0, 0.1) is 12.7 Å². The van der Waals surface area contributed by atoms with Gasteiger partial charge in [-0.05, 0) is 68.3 Å². The van der Waals surface area contributed by atoms with Crippen molar-refractivity contribution in [3.05, 3.63) is 90.5 Å². The summed E-state index contributed by atoms with van der Waals surface area (Å²) in [6.45, 7) is 13.2. The Labute approximate surface area is 154 Å². The predicted octanol–water partition coefficient (Wildman–Crippen LogP) is 6.14. The van der Waals surface area contributed by atoms with E-state index in [-0.39, 0.29) is 5.82 Å². The van der Waals surface area contributed by atoms with Crippen LogP contribution in [0.3, 0.4) is 0 Å². The summed E-state index contributed by atoms with van der Waals surface area (Å²) in [6, 6.07) is 12.8. The second-order valence-electron chi connectivity index (χ2n) is 6.06. The summed E-state index contributed by atoms with van der Waals surface area (Å²) < 4.78 is 13.4. The molecule has 0 aromatic heterocycles. The number of anilines is 2. The highest BCUT2D eigenvalue weighted by Gasteiger charge is 2.02. The Morgan fingerprint density at radius 2 is 1.69 bits per heavy atom. The van der Waals surface area contributed by atoms with E-state index in [2.05, 4.69) is 28.8 Å². The predicted molar refractivity (Wildman–Crippen MR) is 111 cm³/mol. The monoisotopic (exact) mass is 349 g/mol. The Bertz CT molecular complexity index is 861. The molecule has 0 atom stereocenters. The van der Waals surface area contributed by atoms with Crippen molar-refractivity contribution in [2.24, 2.45) is 4.99 Å². The molecule has 0 unspecified atom stereocenters. The van der Waals surface area contributed by atoms with Gasteiger partial charge in [0.25, 0.3) is 0 Å². The van der Waals surface area contributed by atoms with Crippen LogP contribution in [0.5, 0.6) is 0 Å². The van der Waals surface area contributed by atoms with Crippen LogP contribution in [0.25, 0.3) is 5.57 Å². The summed E-state index contributed by atoms with van der Waals surface area (Å²) in [6.07, 6.45) is 3.41. The Kier molecular flexibility index (Phi) is 6.50. The summed E-state index contributed by atoms with van der Waals surface area (Å²) in [5.41, 5.74) is 4.40. The van der Waals surface area contributed by atoms with Crippen molar-refractivity contribution in [1.82, 2.24) is 0 Å². The average molecular weight is 349 g/mol. The van der Waals surface area contributed by atoms with Crippen LogP contribution in [-0.4, -0.2) is 5.84 Å². The zero-order valence-corrected chi connectivity index (χ0v) is 15.4. The molecule has 3 nitrogen and oxygen atoms in total. The van der Waals surface area contributed by atoms with E-state index in [0.29, 0.717) is 17.2 Å². The first kappa shape index (κ1) is 19.2. The van der Waals surface area contributed by atoms with Crippen LogP contribution < -0.4 is 10.6 Å². The lowest BCUT2D eigenvalue weighted by Gasteiger charge is -2.11. The quantitative estimate of drug-likeness (QED) is 0.373. The van der Waals surface area contributed by atoms with Crippen molar-refractivity contribution in [3.8, 4) is 0 Å². The number of halogens is 1. The summed E-state index contributed by atoms with van der Waals surface area (Å²) >= 11 is 0. The number of rotatable bonds is 6. The fourth-order valence-electron chi connectivity index (χ4n) is 2.34. The minimum absolute atomic E-state index is 0.232. The van der Waals surface area contributed by atoms with Gasteiger partial charge in [-0.1, -0.05) is 36.9 Å². The number of aliphatic imine (C=N–C) groups is 1. The van der Waals surface area contributed by atoms with Gasteiger partial charge in [0.1, 0.15) is 17.5 Å². The SMILES string of the molecule is C=C/C=C(\N=C(/C)Nc1ccc(C(=C)C)cc1)Nc1ccc(F)c(C)c1. The summed E-state index contributed by atoms with van der Waals surface area (Å²) in [4.78, 5) is 4.54. The lowest BCUT2D eigenvalue weighted by molar-refractivity contribution is 0.619. The maximum absolute atomic E-state index is 13.4. The molecule has 0 heterocycles. The number of benzene rings is 2.